The van der Waals surface area contributed by atoms with Crippen molar-refractivity contribution in [2.75, 3.05) is 7.11 Å². The summed E-state index contributed by atoms with van der Waals surface area (Å²) in [5, 5.41) is 2.55. The quantitative estimate of drug-likeness (QED) is 0.765. The molecule has 1 N–H and O–H groups in total. The summed E-state index contributed by atoms with van der Waals surface area (Å²) in [6, 6.07) is 2.25. The van der Waals surface area contributed by atoms with Crippen LogP contribution < -0.4 is 5.32 Å². The molecule has 0 aliphatic carbocycles. The van der Waals surface area contributed by atoms with Crippen molar-refractivity contribution in [1.29, 1.82) is 0 Å². The van der Waals surface area contributed by atoms with E-state index in [1.807, 2.05) is 0 Å². The highest BCUT2D eigenvalue weighted by Crippen LogP contribution is 2.03. The number of ether oxygens (including phenoxy) is 1. The van der Waals surface area contributed by atoms with Crippen molar-refractivity contribution in [3.05, 3.63) is 30.1 Å². The van der Waals surface area contributed by atoms with Crippen LogP contribution in [0.2, 0.25) is 0 Å². The van der Waals surface area contributed by atoms with Crippen LogP contribution in [0.5, 0.6) is 0 Å². The van der Waals surface area contributed by atoms with Crippen LogP contribution in [0.4, 0.5) is 0 Å². The second kappa shape index (κ2) is 7.25. The molecular weight excluding hydrogens is 248 g/mol. The van der Waals surface area contributed by atoms with Gasteiger partial charge >= 0.3 is 5.97 Å². The molecule has 0 spiro atoms. The number of amides is 1. The standard InChI is InChI=1S/C13H16N2O4/c1-9(16)3-4-11(13(18)19-2)15-12(17)10-5-7-14-8-6-10/h5-8,11H,3-4H2,1-2H3,(H,15,17)/t11-/m0/s1. The van der Waals surface area contributed by atoms with Gasteiger partial charge < -0.3 is 14.8 Å². The number of ketones is 1. The maximum atomic E-state index is 11.9. The van der Waals surface area contributed by atoms with E-state index in [2.05, 4.69) is 15.0 Å². The van der Waals surface area contributed by atoms with Gasteiger partial charge in [-0.3, -0.25) is 9.78 Å². The molecule has 1 amide bonds. The van der Waals surface area contributed by atoms with Crippen LogP contribution in [0.3, 0.4) is 0 Å². The zero-order chi connectivity index (χ0) is 14.3. The Morgan fingerprint density at radius 3 is 2.47 bits per heavy atom. The van der Waals surface area contributed by atoms with Crippen molar-refractivity contribution in [3.63, 3.8) is 0 Å². The van der Waals surface area contributed by atoms with Gasteiger partial charge in [-0.2, -0.15) is 0 Å². The van der Waals surface area contributed by atoms with Crippen LogP contribution in [0.25, 0.3) is 0 Å². The number of nitrogens with one attached hydrogen (secondary N) is 1. The molecule has 0 fully saturated rings. The first-order valence-corrected chi connectivity index (χ1v) is 5.82. The number of methoxy groups -OCH3 is 1. The molecule has 0 saturated carbocycles. The van der Waals surface area contributed by atoms with Crippen molar-refractivity contribution in [3.8, 4) is 0 Å². The van der Waals surface area contributed by atoms with E-state index in [4.69, 9.17) is 0 Å². The molecule has 1 rings (SSSR count). The van der Waals surface area contributed by atoms with Crippen molar-refractivity contribution in [1.82, 2.24) is 10.3 Å². The smallest absolute Gasteiger partial charge is 0.328 e. The molecule has 1 heterocycles. The van der Waals surface area contributed by atoms with Crippen molar-refractivity contribution < 1.29 is 19.1 Å². The van der Waals surface area contributed by atoms with Gasteiger partial charge in [0.1, 0.15) is 11.8 Å². The fourth-order valence-corrected chi connectivity index (χ4v) is 1.48. The Morgan fingerprint density at radius 2 is 1.95 bits per heavy atom. The zero-order valence-electron chi connectivity index (χ0n) is 10.9. The lowest BCUT2D eigenvalue weighted by molar-refractivity contribution is -0.143. The molecule has 1 atom stereocenters. The molecule has 0 aliphatic rings. The number of nitrogens with zero attached hydrogens (tertiary/aromatic N) is 1. The Bertz CT molecular complexity index is 459. The first-order chi connectivity index (χ1) is 9.04. The summed E-state index contributed by atoms with van der Waals surface area (Å²) in [6.45, 7) is 1.43. The average Bonchev–Trinajstić information content (AvgIpc) is 2.43. The summed E-state index contributed by atoms with van der Waals surface area (Å²) in [4.78, 5) is 38.2. The predicted molar refractivity (Wildman–Crippen MR) is 67.4 cm³/mol. The fourth-order valence-electron chi connectivity index (χ4n) is 1.48. The van der Waals surface area contributed by atoms with E-state index >= 15 is 0 Å². The first kappa shape index (κ1) is 14.8. The molecule has 1 aromatic rings. The van der Waals surface area contributed by atoms with Gasteiger partial charge in [-0.25, -0.2) is 4.79 Å². The van der Waals surface area contributed by atoms with Gasteiger partial charge in [0.25, 0.3) is 5.91 Å². The third-order valence-electron chi connectivity index (χ3n) is 2.52. The van der Waals surface area contributed by atoms with Crippen LogP contribution in [0.1, 0.15) is 30.1 Å². The molecule has 6 heteroatoms. The lowest BCUT2D eigenvalue weighted by Crippen LogP contribution is -2.41. The van der Waals surface area contributed by atoms with Gasteiger partial charge in [-0.15, -0.1) is 0 Å². The molecule has 19 heavy (non-hydrogen) atoms. The van der Waals surface area contributed by atoms with Gasteiger partial charge in [-0.1, -0.05) is 0 Å². The Kier molecular flexibility index (Phi) is 5.66. The highest BCUT2D eigenvalue weighted by Gasteiger charge is 2.22. The number of esters is 1. The molecule has 0 radical (unpaired) electrons. The summed E-state index contributed by atoms with van der Waals surface area (Å²) in [5.41, 5.74) is 0.395. The number of carbonyl (C=O) groups excluding carboxylic acids is 3. The number of rotatable bonds is 6. The monoisotopic (exact) mass is 264 g/mol. The molecule has 102 valence electrons. The van der Waals surface area contributed by atoms with Crippen molar-refractivity contribution in [2.45, 2.75) is 25.8 Å². The predicted octanol–water partition coefficient (Wildman–Crippen LogP) is 0.722. The second-order valence-corrected chi connectivity index (χ2v) is 4.03. The highest BCUT2D eigenvalue weighted by atomic mass is 16.5. The Hall–Kier alpha value is -2.24. The van der Waals surface area contributed by atoms with E-state index < -0.39 is 17.9 Å². The fraction of sp³-hybridized carbons (Fsp3) is 0.385. The maximum Gasteiger partial charge on any atom is 0.328 e. The summed E-state index contributed by atoms with van der Waals surface area (Å²) in [5.74, 6) is -1.02. The molecular formula is C13H16N2O4. The summed E-state index contributed by atoms with van der Waals surface area (Å²) >= 11 is 0. The molecule has 1 aromatic heterocycles. The largest absolute Gasteiger partial charge is 0.467 e. The molecule has 0 aliphatic heterocycles. The Labute approximate surface area is 111 Å². The van der Waals surface area contributed by atoms with E-state index in [1.165, 1.54) is 38.6 Å². The van der Waals surface area contributed by atoms with E-state index in [0.717, 1.165) is 0 Å². The van der Waals surface area contributed by atoms with Crippen LogP contribution in [0.15, 0.2) is 24.5 Å². The summed E-state index contributed by atoms with van der Waals surface area (Å²) in [7, 11) is 1.24. The van der Waals surface area contributed by atoms with Gasteiger partial charge in [-0.05, 0) is 25.5 Å². The molecule has 0 unspecified atom stereocenters. The minimum absolute atomic E-state index is 0.0490. The molecule has 0 saturated heterocycles. The third kappa shape index (κ3) is 4.87. The number of hydrogen-bond donors (Lipinski definition) is 1. The first-order valence-electron chi connectivity index (χ1n) is 5.82. The molecule has 6 nitrogen and oxygen atoms in total. The zero-order valence-corrected chi connectivity index (χ0v) is 10.9. The third-order valence-corrected chi connectivity index (χ3v) is 2.52. The van der Waals surface area contributed by atoms with Crippen LogP contribution in [-0.2, 0) is 14.3 Å². The SMILES string of the molecule is COC(=O)[C@H](CCC(C)=O)NC(=O)c1ccncc1. The molecule has 0 bridgehead atoms. The second-order valence-electron chi connectivity index (χ2n) is 4.03. The van der Waals surface area contributed by atoms with Gasteiger partial charge in [0.2, 0.25) is 0 Å². The number of aromatic nitrogens is 1. The van der Waals surface area contributed by atoms with E-state index in [9.17, 15) is 14.4 Å². The minimum atomic E-state index is -0.824. The Balaban J connectivity index is 2.69. The van der Waals surface area contributed by atoms with Gasteiger partial charge in [0.05, 0.1) is 7.11 Å². The van der Waals surface area contributed by atoms with Crippen LogP contribution in [-0.4, -0.2) is 35.8 Å². The number of carbonyl (C=O) groups is 3. The minimum Gasteiger partial charge on any atom is -0.467 e. The number of hydrogen-bond acceptors (Lipinski definition) is 5. The van der Waals surface area contributed by atoms with E-state index in [-0.39, 0.29) is 18.6 Å². The topological polar surface area (TPSA) is 85.4 Å². The van der Waals surface area contributed by atoms with E-state index in [0.29, 0.717) is 5.56 Å². The van der Waals surface area contributed by atoms with Gasteiger partial charge in [0, 0.05) is 24.4 Å². The lowest BCUT2D eigenvalue weighted by atomic mass is 10.1. The maximum absolute atomic E-state index is 11.9. The van der Waals surface area contributed by atoms with Gasteiger partial charge in [0.15, 0.2) is 0 Å². The number of Topliss-reactive ketones (excluding diaryl/α,β-unsaturated/α-hetero) is 1. The summed E-state index contributed by atoms with van der Waals surface area (Å²) < 4.78 is 4.60. The number of pyridine rings is 1. The van der Waals surface area contributed by atoms with E-state index in [1.54, 1.807) is 0 Å². The summed E-state index contributed by atoms with van der Waals surface area (Å²) in [6.07, 6.45) is 3.39. The van der Waals surface area contributed by atoms with Crippen molar-refractivity contribution >= 4 is 17.7 Å². The average molecular weight is 264 g/mol. The molecule has 0 aromatic carbocycles. The Morgan fingerprint density at radius 1 is 1.32 bits per heavy atom. The van der Waals surface area contributed by atoms with Crippen molar-refractivity contribution in [2.24, 2.45) is 0 Å². The van der Waals surface area contributed by atoms with Crippen LogP contribution >= 0.6 is 0 Å². The normalized spacial score (nSPS) is 11.5. The lowest BCUT2D eigenvalue weighted by Gasteiger charge is -2.15. The highest BCUT2D eigenvalue weighted by molar-refractivity contribution is 5.96. The van der Waals surface area contributed by atoms with Crippen LogP contribution in [0, 0.1) is 0 Å².